The molecule has 0 saturated heterocycles. The number of imidazole rings is 1. The number of rotatable bonds is 5. The number of aromatic nitrogens is 2. The van der Waals surface area contributed by atoms with Crippen molar-refractivity contribution in [2.75, 3.05) is 14.2 Å². The van der Waals surface area contributed by atoms with Gasteiger partial charge in [-0.2, -0.15) is 0 Å². The molecule has 0 spiro atoms. The molecule has 0 fully saturated rings. The van der Waals surface area contributed by atoms with E-state index in [-0.39, 0.29) is 6.04 Å². The fraction of sp³-hybridized carbons (Fsp3) is 0.267. The smallest absolute Gasteiger partial charge is 0.193 e. The van der Waals surface area contributed by atoms with Gasteiger partial charge in [-0.25, -0.2) is 4.98 Å². The Labute approximate surface area is 126 Å². The lowest BCUT2D eigenvalue weighted by atomic mass is 10.0. The topological polar surface area (TPSA) is 61.8 Å². The molecule has 0 aliphatic carbocycles. The summed E-state index contributed by atoms with van der Waals surface area (Å²) in [6, 6.07) is 5.44. The molecule has 21 heavy (non-hydrogen) atoms. The summed E-state index contributed by atoms with van der Waals surface area (Å²) in [4.78, 5) is 5.55. The Balaban J connectivity index is 1.91. The number of nitrogens with two attached hydrogens (primary N) is 1. The third kappa shape index (κ3) is 2.59. The van der Waals surface area contributed by atoms with Crippen LogP contribution in [0.15, 0.2) is 36.0 Å². The maximum Gasteiger partial charge on any atom is 0.193 e. The van der Waals surface area contributed by atoms with Crippen LogP contribution in [0.25, 0.3) is 4.96 Å². The Hall–Kier alpha value is -2.05. The average Bonchev–Trinajstić information content (AvgIpc) is 3.07. The lowest BCUT2D eigenvalue weighted by Gasteiger charge is -2.18. The molecule has 1 atom stereocenters. The van der Waals surface area contributed by atoms with E-state index in [1.165, 1.54) is 0 Å². The zero-order valence-corrected chi connectivity index (χ0v) is 12.8. The lowest BCUT2D eigenvalue weighted by molar-refractivity contribution is 0.378. The molecular formula is C15H17N3O2S. The van der Waals surface area contributed by atoms with Crippen molar-refractivity contribution in [2.24, 2.45) is 5.73 Å². The van der Waals surface area contributed by atoms with Crippen molar-refractivity contribution in [1.29, 1.82) is 0 Å². The minimum absolute atomic E-state index is 0.235. The molecular weight excluding hydrogens is 286 g/mol. The van der Waals surface area contributed by atoms with E-state index >= 15 is 0 Å². The van der Waals surface area contributed by atoms with E-state index in [1.54, 1.807) is 25.6 Å². The van der Waals surface area contributed by atoms with Gasteiger partial charge >= 0.3 is 0 Å². The third-order valence-corrected chi connectivity index (χ3v) is 4.18. The molecule has 0 aliphatic rings. The van der Waals surface area contributed by atoms with Crippen molar-refractivity contribution < 1.29 is 9.47 Å². The Morgan fingerprint density at radius 1 is 1.29 bits per heavy atom. The summed E-state index contributed by atoms with van der Waals surface area (Å²) in [6.07, 6.45) is 4.63. The van der Waals surface area contributed by atoms with Gasteiger partial charge in [-0.15, -0.1) is 11.3 Å². The summed E-state index contributed by atoms with van der Waals surface area (Å²) < 4.78 is 12.8. The highest BCUT2D eigenvalue weighted by Crippen LogP contribution is 2.34. The Kier molecular flexibility index (Phi) is 3.81. The number of benzene rings is 1. The molecule has 3 rings (SSSR count). The van der Waals surface area contributed by atoms with Gasteiger partial charge < -0.3 is 15.2 Å². The quantitative estimate of drug-likeness (QED) is 0.787. The molecule has 0 aliphatic heterocycles. The minimum Gasteiger partial charge on any atom is -0.496 e. The first-order chi connectivity index (χ1) is 10.2. The largest absolute Gasteiger partial charge is 0.496 e. The molecule has 0 bridgehead atoms. The first-order valence-electron chi connectivity index (χ1n) is 6.60. The van der Waals surface area contributed by atoms with E-state index in [2.05, 4.69) is 4.98 Å². The van der Waals surface area contributed by atoms with Gasteiger partial charge in [0, 0.05) is 30.2 Å². The highest BCUT2D eigenvalue weighted by molar-refractivity contribution is 7.15. The average molecular weight is 303 g/mol. The molecule has 2 heterocycles. The van der Waals surface area contributed by atoms with E-state index in [1.807, 2.05) is 40.4 Å². The summed E-state index contributed by atoms with van der Waals surface area (Å²) in [5, 5.41) is 2.01. The maximum absolute atomic E-state index is 6.36. The molecule has 2 N–H and O–H groups in total. The normalized spacial score (nSPS) is 12.5. The zero-order valence-electron chi connectivity index (χ0n) is 11.9. The predicted molar refractivity (Wildman–Crippen MR) is 83.2 cm³/mol. The number of methoxy groups -OCH3 is 2. The number of nitrogens with zero attached hydrogens (tertiary/aromatic N) is 2. The molecule has 5 nitrogen and oxygen atoms in total. The van der Waals surface area contributed by atoms with Crippen LogP contribution in [0.2, 0.25) is 0 Å². The Morgan fingerprint density at radius 2 is 2.00 bits per heavy atom. The Morgan fingerprint density at radius 3 is 2.62 bits per heavy atom. The highest BCUT2D eigenvalue weighted by Gasteiger charge is 2.19. The van der Waals surface area contributed by atoms with E-state index in [9.17, 15) is 0 Å². The van der Waals surface area contributed by atoms with Crippen LogP contribution in [0.5, 0.6) is 11.5 Å². The van der Waals surface area contributed by atoms with Crippen LogP contribution in [-0.4, -0.2) is 23.6 Å². The van der Waals surface area contributed by atoms with Gasteiger partial charge in [0.15, 0.2) is 4.96 Å². The number of ether oxygens (including phenoxy) is 2. The molecule has 1 unspecified atom stereocenters. The molecule has 1 aromatic carbocycles. The molecule has 2 aromatic heterocycles. The van der Waals surface area contributed by atoms with Crippen LogP contribution >= 0.6 is 11.3 Å². The van der Waals surface area contributed by atoms with Crippen molar-refractivity contribution in [3.05, 3.63) is 47.2 Å². The van der Waals surface area contributed by atoms with Gasteiger partial charge in [0.25, 0.3) is 0 Å². The monoisotopic (exact) mass is 303 g/mol. The van der Waals surface area contributed by atoms with E-state index < -0.39 is 0 Å². The van der Waals surface area contributed by atoms with Crippen molar-refractivity contribution >= 4 is 16.3 Å². The SMILES string of the molecule is COc1cccc(OC)c1C(N)Cc1cn2ccsc2n1. The number of hydrogen-bond donors (Lipinski definition) is 1. The van der Waals surface area contributed by atoms with Crippen molar-refractivity contribution in [3.8, 4) is 11.5 Å². The summed E-state index contributed by atoms with van der Waals surface area (Å²) >= 11 is 1.61. The number of hydrogen-bond acceptors (Lipinski definition) is 5. The first-order valence-corrected chi connectivity index (χ1v) is 7.48. The van der Waals surface area contributed by atoms with Crippen molar-refractivity contribution in [3.63, 3.8) is 0 Å². The van der Waals surface area contributed by atoms with Gasteiger partial charge in [0.2, 0.25) is 0 Å². The van der Waals surface area contributed by atoms with Crippen LogP contribution in [0.4, 0.5) is 0 Å². The Bertz CT molecular complexity index is 700. The lowest BCUT2D eigenvalue weighted by Crippen LogP contribution is -2.16. The highest BCUT2D eigenvalue weighted by atomic mass is 32.1. The number of thiazole rings is 1. The van der Waals surface area contributed by atoms with Gasteiger partial charge in [0.1, 0.15) is 11.5 Å². The molecule has 6 heteroatoms. The second-order valence-corrected chi connectivity index (χ2v) is 5.58. The number of fused-ring (bicyclic) bond motifs is 1. The van der Waals surface area contributed by atoms with E-state index in [4.69, 9.17) is 15.2 Å². The van der Waals surface area contributed by atoms with Gasteiger partial charge in [0.05, 0.1) is 25.5 Å². The van der Waals surface area contributed by atoms with Crippen LogP contribution in [0, 0.1) is 0 Å². The second kappa shape index (κ2) is 5.75. The maximum atomic E-state index is 6.36. The first kappa shape index (κ1) is 13.9. The predicted octanol–water partition coefficient (Wildman–Crippen LogP) is 2.66. The zero-order chi connectivity index (χ0) is 14.8. The standard InChI is InChI=1S/C15H17N3O2S/c1-19-12-4-3-5-13(20-2)14(12)11(16)8-10-9-18-6-7-21-15(18)17-10/h3-7,9,11H,8,16H2,1-2H3. The molecule has 0 amide bonds. The summed E-state index contributed by atoms with van der Waals surface area (Å²) in [7, 11) is 3.27. The summed E-state index contributed by atoms with van der Waals surface area (Å²) in [5.74, 6) is 1.48. The molecule has 110 valence electrons. The van der Waals surface area contributed by atoms with Gasteiger partial charge in [-0.1, -0.05) is 6.07 Å². The van der Waals surface area contributed by atoms with Gasteiger partial charge in [-0.3, -0.25) is 4.40 Å². The van der Waals surface area contributed by atoms with Crippen LogP contribution in [0.3, 0.4) is 0 Å². The molecule has 0 radical (unpaired) electrons. The summed E-state index contributed by atoms with van der Waals surface area (Å²) in [6.45, 7) is 0. The second-order valence-electron chi connectivity index (χ2n) is 4.71. The van der Waals surface area contributed by atoms with Crippen LogP contribution in [-0.2, 0) is 6.42 Å². The van der Waals surface area contributed by atoms with Gasteiger partial charge in [-0.05, 0) is 12.1 Å². The van der Waals surface area contributed by atoms with Crippen molar-refractivity contribution in [2.45, 2.75) is 12.5 Å². The molecule has 0 saturated carbocycles. The van der Waals surface area contributed by atoms with Crippen LogP contribution in [0.1, 0.15) is 17.3 Å². The third-order valence-electron chi connectivity index (χ3n) is 3.41. The van der Waals surface area contributed by atoms with E-state index in [0.29, 0.717) is 6.42 Å². The minimum atomic E-state index is -0.235. The fourth-order valence-corrected chi connectivity index (χ4v) is 3.17. The van der Waals surface area contributed by atoms with Crippen molar-refractivity contribution in [1.82, 2.24) is 9.38 Å². The summed E-state index contributed by atoms with van der Waals surface area (Å²) in [5.41, 5.74) is 8.20. The van der Waals surface area contributed by atoms with E-state index in [0.717, 1.165) is 27.7 Å². The fourth-order valence-electron chi connectivity index (χ4n) is 2.45. The van der Waals surface area contributed by atoms with Crippen LogP contribution < -0.4 is 15.2 Å². The molecule has 3 aromatic rings.